The van der Waals surface area contributed by atoms with Gasteiger partial charge in [0.05, 0.1) is 27.2 Å². The fourth-order valence-corrected chi connectivity index (χ4v) is 3.80. The molecule has 0 saturated carbocycles. The Bertz CT molecular complexity index is 1230. The van der Waals surface area contributed by atoms with Crippen LogP contribution in [-0.4, -0.2) is 20.9 Å². The first-order valence-corrected chi connectivity index (χ1v) is 10.2. The maximum absolute atomic E-state index is 12.6. The van der Waals surface area contributed by atoms with Crippen molar-refractivity contribution >= 4 is 28.2 Å². The summed E-state index contributed by atoms with van der Waals surface area (Å²) in [6, 6.07) is 14.4. The van der Waals surface area contributed by atoms with Crippen LogP contribution in [0, 0.1) is 0 Å². The van der Waals surface area contributed by atoms with Gasteiger partial charge in [-0.3, -0.25) is 4.79 Å². The van der Waals surface area contributed by atoms with E-state index in [2.05, 4.69) is 15.0 Å². The number of carbonyl (C=O) groups excluding carboxylic acids is 1. The van der Waals surface area contributed by atoms with E-state index in [0.29, 0.717) is 28.7 Å². The van der Waals surface area contributed by atoms with Gasteiger partial charge in [0, 0.05) is 11.8 Å². The largest absolute Gasteiger partial charge is 0.456 e. The normalized spacial score (nSPS) is 10.9. The molecule has 0 radical (unpaired) electrons. The Kier molecular flexibility index (Phi) is 5.48. The third-order valence-electron chi connectivity index (χ3n) is 4.51. The van der Waals surface area contributed by atoms with Crippen molar-refractivity contribution in [1.29, 1.82) is 0 Å². The summed E-state index contributed by atoms with van der Waals surface area (Å²) in [5, 5.41) is 3.46. The third-order valence-corrected chi connectivity index (χ3v) is 5.55. The molecule has 0 spiro atoms. The zero-order valence-electron chi connectivity index (χ0n) is 15.8. The standard InChI is InChI=1S/C22H19N3O3S/c1-2-20-23-15(13-29-20)12-28-22(27)16-8-4-3-7-14(16)11-19-24-18-10-6-5-9-17(18)21(26)25-19/h3-10,13H,2,11-12H2,1H3,(H,24,25,26). The molecule has 0 aliphatic carbocycles. The van der Waals surface area contributed by atoms with E-state index in [1.807, 2.05) is 30.5 Å². The van der Waals surface area contributed by atoms with Gasteiger partial charge in [0.2, 0.25) is 0 Å². The van der Waals surface area contributed by atoms with Crippen LogP contribution in [0.5, 0.6) is 0 Å². The highest BCUT2D eigenvalue weighted by Gasteiger charge is 2.15. The van der Waals surface area contributed by atoms with Gasteiger partial charge in [-0.15, -0.1) is 11.3 Å². The lowest BCUT2D eigenvalue weighted by molar-refractivity contribution is 0.0467. The fraction of sp³-hybridized carbons (Fsp3) is 0.182. The summed E-state index contributed by atoms with van der Waals surface area (Å²) in [5.41, 5.74) is 2.37. The first-order chi connectivity index (χ1) is 14.1. The molecule has 0 amide bonds. The molecule has 6 nitrogen and oxygen atoms in total. The summed E-state index contributed by atoms with van der Waals surface area (Å²) >= 11 is 1.56. The fourth-order valence-electron chi connectivity index (χ4n) is 3.07. The number of aromatic nitrogens is 3. The molecule has 0 atom stereocenters. The van der Waals surface area contributed by atoms with Crippen molar-refractivity contribution < 1.29 is 9.53 Å². The summed E-state index contributed by atoms with van der Waals surface area (Å²) in [6.45, 7) is 2.17. The number of para-hydroxylation sites is 1. The SMILES string of the molecule is CCc1nc(COC(=O)c2ccccc2Cc2nc3ccccc3c(=O)[nH]2)cs1. The number of carbonyl (C=O) groups is 1. The number of hydrogen-bond donors (Lipinski definition) is 1. The molecule has 4 rings (SSSR count). The lowest BCUT2D eigenvalue weighted by Crippen LogP contribution is -2.14. The van der Waals surface area contributed by atoms with E-state index in [-0.39, 0.29) is 12.2 Å². The Morgan fingerprint density at radius 1 is 1.10 bits per heavy atom. The van der Waals surface area contributed by atoms with Gasteiger partial charge in [-0.1, -0.05) is 37.3 Å². The summed E-state index contributed by atoms with van der Waals surface area (Å²) in [4.78, 5) is 36.7. The number of benzene rings is 2. The van der Waals surface area contributed by atoms with Gasteiger partial charge in [0.25, 0.3) is 5.56 Å². The molecular formula is C22H19N3O3S. The number of esters is 1. The second-order valence-electron chi connectivity index (χ2n) is 6.53. The van der Waals surface area contributed by atoms with E-state index in [4.69, 9.17) is 4.74 Å². The van der Waals surface area contributed by atoms with Crippen LogP contribution in [0.3, 0.4) is 0 Å². The average molecular weight is 405 g/mol. The summed E-state index contributed by atoms with van der Waals surface area (Å²) in [7, 11) is 0. The van der Waals surface area contributed by atoms with Crippen LogP contribution < -0.4 is 5.56 Å². The van der Waals surface area contributed by atoms with Crippen molar-refractivity contribution in [2.45, 2.75) is 26.4 Å². The molecular weight excluding hydrogens is 386 g/mol. The average Bonchev–Trinajstić information content (AvgIpc) is 3.21. The Morgan fingerprint density at radius 3 is 2.72 bits per heavy atom. The van der Waals surface area contributed by atoms with E-state index in [0.717, 1.165) is 22.7 Å². The minimum absolute atomic E-state index is 0.134. The van der Waals surface area contributed by atoms with Crippen molar-refractivity contribution in [2.24, 2.45) is 0 Å². The van der Waals surface area contributed by atoms with Gasteiger partial charge in [-0.25, -0.2) is 14.8 Å². The quantitative estimate of drug-likeness (QED) is 0.492. The number of aromatic amines is 1. The Morgan fingerprint density at radius 2 is 1.90 bits per heavy atom. The summed E-state index contributed by atoms with van der Waals surface area (Å²) in [6.07, 6.45) is 1.18. The lowest BCUT2D eigenvalue weighted by atomic mass is 10.0. The van der Waals surface area contributed by atoms with Crippen LogP contribution in [0.4, 0.5) is 0 Å². The van der Waals surface area contributed by atoms with Gasteiger partial charge >= 0.3 is 5.97 Å². The number of hydrogen-bond acceptors (Lipinski definition) is 6. The third kappa shape index (κ3) is 4.25. The Hall–Kier alpha value is -3.32. The smallest absolute Gasteiger partial charge is 0.338 e. The first-order valence-electron chi connectivity index (χ1n) is 9.30. The second-order valence-corrected chi connectivity index (χ2v) is 7.47. The number of thiazole rings is 1. The zero-order chi connectivity index (χ0) is 20.2. The molecule has 4 aromatic rings. The summed E-state index contributed by atoms with van der Waals surface area (Å²) < 4.78 is 5.46. The van der Waals surface area contributed by atoms with E-state index >= 15 is 0 Å². The Labute approximate surface area is 171 Å². The molecule has 2 heterocycles. The number of fused-ring (bicyclic) bond motifs is 1. The minimum atomic E-state index is -0.421. The minimum Gasteiger partial charge on any atom is -0.456 e. The van der Waals surface area contributed by atoms with Crippen molar-refractivity contribution in [1.82, 2.24) is 15.0 Å². The highest BCUT2D eigenvalue weighted by atomic mass is 32.1. The Balaban J connectivity index is 1.55. The van der Waals surface area contributed by atoms with Crippen LogP contribution in [-0.2, 0) is 24.2 Å². The number of nitrogens with one attached hydrogen (secondary N) is 1. The van der Waals surface area contributed by atoms with E-state index in [1.165, 1.54) is 0 Å². The van der Waals surface area contributed by atoms with Crippen LogP contribution in [0.25, 0.3) is 10.9 Å². The molecule has 0 bridgehead atoms. The molecule has 2 aromatic carbocycles. The molecule has 0 unspecified atom stereocenters. The first kappa shape index (κ1) is 19.0. The number of aryl methyl sites for hydroxylation is 1. The maximum atomic E-state index is 12.6. The van der Waals surface area contributed by atoms with Gasteiger partial charge in [0.1, 0.15) is 12.4 Å². The van der Waals surface area contributed by atoms with Crippen LogP contribution >= 0.6 is 11.3 Å². The molecule has 1 N–H and O–H groups in total. The summed E-state index contributed by atoms with van der Waals surface area (Å²) in [5.74, 6) is 0.0795. The monoisotopic (exact) mass is 405 g/mol. The van der Waals surface area contributed by atoms with Crippen molar-refractivity contribution in [3.8, 4) is 0 Å². The molecule has 0 aliphatic heterocycles. The topological polar surface area (TPSA) is 84.9 Å². The van der Waals surface area contributed by atoms with E-state index in [1.54, 1.807) is 41.7 Å². The zero-order valence-corrected chi connectivity index (χ0v) is 16.7. The van der Waals surface area contributed by atoms with E-state index < -0.39 is 5.97 Å². The van der Waals surface area contributed by atoms with Gasteiger partial charge in [0.15, 0.2) is 0 Å². The van der Waals surface area contributed by atoms with E-state index in [9.17, 15) is 9.59 Å². The predicted molar refractivity (Wildman–Crippen MR) is 112 cm³/mol. The molecule has 0 fully saturated rings. The number of nitrogens with zero attached hydrogens (tertiary/aromatic N) is 2. The van der Waals surface area contributed by atoms with Crippen LogP contribution in [0.15, 0.2) is 58.7 Å². The second kappa shape index (κ2) is 8.36. The van der Waals surface area contributed by atoms with Gasteiger partial charge in [-0.05, 0) is 30.2 Å². The lowest BCUT2D eigenvalue weighted by Gasteiger charge is -2.09. The molecule has 0 saturated heterocycles. The van der Waals surface area contributed by atoms with Crippen LogP contribution in [0.1, 0.15) is 39.4 Å². The van der Waals surface area contributed by atoms with Gasteiger partial charge < -0.3 is 9.72 Å². The number of ether oxygens (including phenoxy) is 1. The van der Waals surface area contributed by atoms with Crippen molar-refractivity contribution in [3.05, 3.63) is 91.9 Å². The molecule has 146 valence electrons. The molecule has 7 heteroatoms. The highest BCUT2D eigenvalue weighted by Crippen LogP contribution is 2.17. The van der Waals surface area contributed by atoms with Crippen LogP contribution in [0.2, 0.25) is 0 Å². The maximum Gasteiger partial charge on any atom is 0.338 e. The van der Waals surface area contributed by atoms with Gasteiger partial charge in [-0.2, -0.15) is 0 Å². The molecule has 0 aliphatic rings. The van der Waals surface area contributed by atoms with Crippen molar-refractivity contribution in [3.63, 3.8) is 0 Å². The molecule has 2 aromatic heterocycles. The predicted octanol–water partition coefficient (Wildman–Crippen LogP) is 3.89. The highest BCUT2D eigenvalue weighted by molar-refractivity contribution is 7.09. The number of rotatable bonds is 6. The van der Waals surface area contributed by atoms with Crippen molar-refractivity contribution in [2.75, 3.05) is 0 Å². The number of H-pyrrole nitrogens is 1. The molecule has 29 heavy (non-hydrogen) atoms.